The molecule has 3 aromatic rings. The van der Waals surface area contributed by atoms with Crippen LogP contribution in [-0.2, 0) is 6.54 Å². The van der Waals surface area contributed by atoms with Crippen molar-refractivity contribution in [1.29, 1.82) is 0 Å². The van der Waals surface area contributed by atoms with Crippen molar-refractivity contribution in [2.24, 2.45) is 0 Å². The molecule has 140 valence electrons. The highest BCUT2D eigenvalue weighted by atomic mass is 32.1. The molecule has 0 saturated heterocycles. The van der Waals surface area contributed by atoms with Crippen molar-refractivity contribution >= 4 is 27.6 Å². The number of hydrogen-bond donors (Lipinski definition) is 2. The molecule has 1 aromatic carbocycles. The molecule has 3 heterocycles. The van der Waals surface area contributed by atoms with Crippen LogP contribution in [0.4, 0.5) is 4.79 Å². The summed E-state index contributed by atoms with van der Waals surface area (Å²) in [7, 11) is 1.64. The third-order valence-electron chi connectivity index (χ3n) is 4.15. The number of benzene rings is 1. The minimum atomic E-state index is -0.287. The van der Waals surface area contributed by atoms with Crippen LogP contribution in [-0.4, -0.2) is 47.2 Å². The summed E-state index contributed by atoms with van der Waals surface area (Å²) in [6.07, 6.45) is -0.266. The predicted molar refractivity (Wildman–Crippen MR) is 101 cm³/mol. The molecule has 0 bridgehead atoms. The van der Waals surface area contributed by atoms with Gasteiger partial charge in [0.05, 0.1) is 18.6 Å². The molecule has 4 rings (SSSR count). The van der Waals surface area contributed by atoms with Gasteiger partial charge in [0.1, 0.15) is 17.1 Å². The molecule has 1 atom stereocenters. The second-order valence-electron chi connectivity index (χ2n) is 6.19. The second kappa shape index (κ2) is 7.28. The van der Waals surface area contributed by atoms with Crippen LogP contribution >= 0.6 is 11.3 Å². The first kappa shape index (κ1) is 17.3. The fourth-order valence-electron chi connectivity index (χ4n) is 2.79. The molecule has 0 radical (unpaired) electrons. The molecule has 8 nitrogen and oxygen atoms in total. The summed E-state index contributed by atoms with van der Waals surface area (Å²) in [5, 5.41) is 4.63. The number of aromatic nitrogens is 2. The fraction of sp³-hybridized carbons (Fsp3) is 0.278. The zero-order valence-electron chi connectivity index (χ0n) is 14.6. The Balaban J connectivity index is 1.33. The molecule has 27 heavy (non-hydrogen) atoms. The van der Waals surface area contributed by atoms with Crippen molar-refractivity contribution in [2.45, 2.75) is 12.6 Å². The number of H-pyrrole nitrogens is 1. The largest absolute Gasteiger partial charge is 0.486 e. The zero-order chi connectivity index (χ0) is 18.8. The van der Waals surface area contributed by atoms with E-state index in [0.717, 1.165) is 0 Å². The van der Waals surface area contributed by atoms with E-state index in [0.29, 0.717) is 40.7 Å². The summed E-state index contributed by atoms with van der Waals surface area (Å²) in [4.78, 5) is 32.9. The van der Waals surface area contributed by atoms with Crippen LogP contribution in [0.1, 0.15) is 5.82 Å². The molecule has 1 aliphatic heterocycles. The monoisotopic (exact) mass is 386 g/mol. The Bertz CT molecular complexity index is 1030. The third kappa shape index (κ3) is 3.72. The highest BCUT2D eigenvalue weighted by Crippen LogP contribution is 2.30. The average molecular weight is 386 g/mol. The van der Waals surface area contributed by atoms with E-state index >= 15 is 0 Å². The molecule has 9 heteroatoms. The number of amides is 2. The highest BCUT2D eigenvalue weighted by molar-refractivity contribution is 7.17. The van der Waals surface area contributed by atoms with Crippen molar-refractivity contribution in [1.82, 2.24) is 20.2 Å². The van der Waals surface area contributed by atoms with Crippen molar-refractivity contribution in [2.75, 3.05) is 20.2 Å². The van der Waals surface area contributed by atoms with Gasteiger partial charge in [-0.05, 0) is 23.6 Å². The Morgan fingerprint density at radius 1 is 1.37 bits per heavy atom. The van der Waals surface area contributed by atoms with Crippen LogP contribution in [0.5, 0.6) is 11.5 Å². The lowest BCUT2D eigenvalue weighted by Crippen LogP contribution is -2.45. The molecule has 2 N–H and O–H groups in total. The fourth-order valence-corrected chi connectivity index (χ4v) is 3.52. The van der Waals surface area contributed by atoms with Crippen LogP contribution in [0.25, 0.3) is 10.2 Å². The summed E-state index contributed by atoms with van der Waals surface area (Å²) in [6.45, 7) is 0.868. The summed E-state index contributed by atoms with van der Waals surface area (Å²) in [5.74, 6) is 1.81. The molecule has 0 aliphatic carbocycles. The van der Waals surface area contributed by atoms with Gasteiger partial charge < -0.3 is 24.7 Å². The standard InChI is InChI=1S/C18H18N4O4S/c1-22(9-15-20-12-6-7-27-16(12)17(23)21-15)18(24)19-8-11-10-25-13-4-2-3-5-14(13)26-11/h2-7,11H,8-10H2,1H3,(H,19,24)(H,20,21,23). The predicted octanol–water partition coefficient (Wildman–Crippen LogP) is 1.97. The number of urea groups is 1. The minimum Gasteiger partial charge on any atom is -0.486 e. The SMILES string of the molecule is CN(Cc1nc2ccsc2c(=O)[nH]1)C(=O)NCC1COc2ccccc2O1. The van der Waals surface area contributed by atoms with E-state index in [9.17, 15) is 9.59 Å². The number of carbonyl (C=O) groups is 1. The highest BCUT2D eigenvalue weighted by Gasteiger charge is 2.22. The average Bonchev–Trinajstić information content (AvgIpc) is 3.15. The maximum Gasteiger partial charge on any atom is 0.317 e. The number of rotatable bonds is 4. The number of aromatic amines is 1. The van der Waals surface area contributed by atoms with E-state index in [1.54, 1.807) is 13.1 Å². The quantitative estimate of drug-likeness (QED) is 0.715. The van der Waals surface area contributed by atoms with Gasteiger partial charge in [-0.1, -0.05) is 12.1 Å². The van der Waals surface area contributed by atoms with E-state index in [1.807, 2.05) is 29.6 Å². The maximum atomic E-state index is 12.3. The molecule has 0 saturated carbocycles. The lowest BCUT2D eigenvalue weighted by atomic mass is 10.2. The van der Waals surface area contributed by atoms with Crippen LogP contribution < -0.4 is 20.3 Å². The van der Waals surface area contributed by atoms with E-state index in [2.05, 4.69) is 15.3 Å². The molecule has 0 fully saturated rings. The van der Waals surface area contributed by atoms with Crippen LogP contribution in [0, 0.1) is 0 Å². The maximum absolute atomic E-state index is 12.3. The van der Waals surface area contributed by atoms with Gasteiger partial charge in [0.2, 0.25) is 0 Å². The van der Waals surface area contributed by atoms with Crippen molar-refractivity contribution < 1.29 is 14.3 Å². The third-order valence-corrected chi connectivity index (χ3v) is 5.05. The molecule has 0 spiro atoms. The Morgan fingerprint density at radius 2 is 2.19 bits per heavy atom. The lowest BCUT2D eigenvalue weighted by molar-refractivity contribution is 0.0904. The van der Waals surface area contributed by atoms with Gasteiger partial charge in [0.25, 0.3) is 5.56 Å². The summed E-state index contributed by atoms with van der Waals surface area (Å²) in [6, 6.07) is 8.93. The second-order valence-corrected chi connectivity index (χ2v) is 7.10. The number of para-hydroxylation sites is 2. The lowest BCUT2D eigenvalue weighted by Gasteiger charge is -2.27. The zero-order valence-corrected chi connectivity index (χ0v) is 15.4. The first-order valence-corrected chi connectivity index (χ1v) is 9.32. The number of ether oxygens (including phenoxy) is 2. The minimum absolute atomic E-state index is 0.190. The van der Waals surface area contributed by atoms with Crippen molar-refractivity contribution in [3.63, 3.8) is 0 Å². The number of thiophene rings is 1. The Morgan fingerprint density at radius 3 is 3.04 bits per heavy atom. The number of fused-ring (bicyclic) bond motifs is 2. The topological polar surface area (TPSA) is 96.6 Å². The van der Waals surface area contributed by atoms with Crippen molar-refractivity contribution in [3.8, 4) is 11.5 Å². The number of nitrogens with zero attached hydrogens (tertiary/aromatic N) is 2. The van der Waals surface area contributed by atoms with Crippen molar-refractivity contribution in [3.05, 3.63) is 51.9 Å². The molecule has 2 amide bonds. The molecule has 1 aliphatic rings. The summed E-state index contributed by atoms with van der Waals surface area (Å²) in [5.41, 5.74) is 0.448. The van der Waals surface area contributed by atoms with E-state index in [-0.39, 0.29) is 24.2 Å². The Kier molecular flexibility index (Phi) is 4.68. The first-order valence-electron chi connectivity index (χ1n) is 8.44. The van der Waals surface area contributed by atoms with E-state index < -0.39 is 0 Å². The molecular formula is C18H18N4O4S. The molecule has 1 unspecified atom stereocenters. The Labute approximate surface area is 158 Å². The van der Waals surface area contributed by atoms with E-state index in [1.165, 1.54) is 16.2 Å². The van der Waals surface area contributed by atoms with Crippen LogP contribution in [0.2, 0.25) is 0 Å². The number of carbonyl (C=O) groups excluding carboxylic acids is 1. The summed E-state index contributed by atoms with van der Waals surface area (Å²) < 4.78 is 12.0. The van der Waals surface area contributed by atoms with Crippen LogP contribution in [0.15, 0.2) is 40.5 Å². The van der Waals surface area contributed by atoms with Gasteiger partial charge in [-0.25, -0.2) is 9.78 Å². The van der Waals surface area contributed by atoms with Gasteiger partial charge in [-0.2, -0.15) is 0 Å². The van der Waals surface area contributed by atoms with Gasteiger partial charge in [-0.3, -0.25) is 4.79 Å². The van der Waals surface area contributed by atoms with Gasteiger partial charge >= 0.3 is 6.03 Å². The first-order chi connectivity index (χ1) is 13.1. The Hall–Kier alpha value is -3.07. The van der Waals surface area contributed by atoms with Gasteiger partial charge in [-0.15, -0.1) is 11.3 Å². The van der Waals surface area contributed by atoms with Gasteiger partial charge in [0.15, 0.2) is 17.6 Å². The normalized spacial score (nSPS) is 15.5. The molecular weight excluding hydrogens is 368 g/mol. The smallest absolute Gasteiger partial charge is 0.317 e. The van der Waals surface area contributed by atoms with Gasteiger partial charge in [0, 0.05) is 7.05 Å². The summed E-state index contributed by atoms with van der Waals surface area (Å²) >= 11 is 1.34. The molecule has 2 aromatic heterocycles. The van der Waals surface area contributed by atoms with E-state index in [4.69, 9.17) is 9.47 Å². The number of nitrogens with one attached hydrogen (secondary N) is 2. The number of hydrogen-bond acceptors (Lipinski definition) is 6. The van der Waals surface area contributed by atoms with Crippen LogP contribution in [0.3, 0.4) is 0 Å².